The van der Waals surface area contributed by atoms with Gasteiger partial charge in [-0.3, -0.25) is 0 Å². The maximum absolute atomic E-state index is 11.3. The van der Waals surface area contributed by atoms with Crippen molar-refractivity contribution in [3.63, 3.8) is 0 Å². The molecule has 112 valence electrons. The van der Waals surface area contributed by atoms with Crippen molar-refractivity contribution in [2.45, 2.75) is 19.4 Å². The maximum atomic E-state index is 11.3. The SMILES string of the molecule is CCC1COCCN1c1nc2c(C(=O)O)c(Cl)ccc2o1. The molecule has 1 N–H and O–H groups in total. The fourth-order valence-corrected chi connectivity index (χ4v) is 2.76. The lowest BCUT2D eigenvalue weighted by atomic mass is 10.2. The normalized spacial score (nSPS) is 19.1. The molecule has 1 fully saturated rings. The Morgan fingerprint density at radius 3 is 3.10 bits per heavy atom. The molecule has 2 heterocycles. The summed E-state index contributed by atoms with van der Waals surface area (Å²) in [5.41, 5.74) is 0.685. The molecule has 0 amide bonds. The number of benzene rings is 1. The van der Waals surface area contributed by atoms with Crippen molar-refractivity contribution < 1.29 is 19.1 Å². The van der Waals surface area contributed by atoms with E-state index in [1.165, 1.54) is 6.07 Å². The minimum absolute atomic E-state index is 0.0227. The van der Waals surface area contributed by atoms with Gasteiger partial charge in [-0.1, -0.05) is 18.5 Å². The third kappa shape index (κ3) is 2.45. The molecule has 0 aliphatic carbocycles. The standard InChI is InChI=1S/C14H15ClN2O4/c1-2-8-7-20-6-5-17(8)14-16-12-10(21-14)4-3-9(15)11(12)13(18)19/h3-4,8H,2,5-7H2,1H3,(H,18,19). The molecule has 1 aliphatic heterocycles. The Hall–Kier alpha value is -1.79. The molecular weight excluding hydrogens is 296 g/mol. The lowest BCUT2D eigenvalue weighted by Gasteiger charge is -2.33. The topological polar surface area (TPSA) is 75.8 Å². The van der Waals surface area contributed by atoms with Crippen LogP contribution in [0.5, 0.6) is 0 Å². The molecule has 0 spiro atoms. The quantitative estimate of drug-likeness (QED) is 0.939. The average Bonchev–Trinajstić information content (AvgIpc) is 2.90. The van der Waals surface area contributed by atoms with E-state index in [-0.39, 0.29) is 22.1 Å². The van der Waals surface area contributed by atoms with Gasteiger partial charge in [0.15, 0.2) is 5.58 Å². The number of nitrogens with zero attached hydrogens (tertiary/aromatic N) is 2. The second kappa shape index (κ2) is 5.54. The Bertz CT molecular complexity index is 685. The van der Waals surface area contributed by atoms with Crippen LogP contribution in [0, 0.1) is 0 Å². The molecule has 1 atom stereocenters. The summed E-state index contributed by atoms with van der Waals surface area (Å²) in [6.45, 7) is 3.94. The van der Waals surface area contributed by atoms with E-state index in [1.54, 1.807) is 6.07 Å². The van der Waals surface area contributed by atoms with Gasteiger partial charge in [-0.25, -0.2) is 4.79 Å². The number of morpholine rings is 1. The molecule has 1 saturated heterocycles. The van der Waals surface area contributed by atoms with Crippen LogP contribution in [0.3, 0.4) is 0 Å². The van der Waals surface area contributed by atoms with E-state index in [0.717, 1.165) is 6.42 Å². The monoisotopic (exact) mass is 310 g/mol. The van der Waals surface area contributed by atoms with Gasteiger partial charge in [0.25, 0.3) is 6.01 Å². The number of hydrogen-bond donors (Lipinski definition) is 1. The minimum atomic E-state index is -1.11. The zero-order valence-corrected chi connectivity index (χ0v) is 12.3. The maximum Gasteiger partial charge on any atom is 0.339 e. The van der Waals surface area contributed by atoms with E-state index in [0.29, 0.717) is 31.4 Å². The Morgan fingerprint density at radius 2 is 2.38 bits per heavy atom. The van der Waals surface area contributed by atoms with Crippen LogP contribution in [0.4, 0.5) is 6.01 Å². The van der Waals surface area contributed by atoms with Gasteiger partial charge in [0.05, 0.1) is 24.3 Å². The molecule has 0 saturated carbocycles. The van der Waals surface area contributed by atoms with Gasteiger partial charge >= 0.3 is 5.97 Å². The van der Waals surface area contributed by atoms with Crippen molar-refractivity contribution in [2.24, 2.45) is 0 Å². The fraction of sp³-hybridized carbons (Fsp3) is 0.429. The Balaban J connectivity index is 2.08. The van der Waals surface area contributed by atoms with E-state index in [4.69, 9.17) is 20.8 Å². The van der Waals surface area contributed by atoms with E-state index in [2.05, 4.69) is 11.9 Å². The van der Waals surface area contributed by atoms with Gasteiger partial charge in [0.2, 0.25) is 0 Å². The van der Waals surface area contributed by atoms with Crippen molar-refractivity contribution >= 4 is 34.7 Å². The summed E-state index contributed by atoms with van der Waals surface area (Å²) in [6, 6.07) is 3.75. The first kappa shape index (κ1) is 14.2. The predicted molar refractivity (Wildman–Crippen MR) is 78.2 cm³/mol. The molecule has 21 heavy (non-hydrogen) atoms. The largest absolute Gasteiger partial charge is 0.478 e. The average molecular weight is 311 g/mol. The molecule has 0 radical (unpaired) electrons. The van der Waals surface area contributed by atoms with Gasteiger partial charge in [-0.2, -0.15) is 4.98 Å². The summed E-state index contributed by atoms with van der Waals surface area (Å²) >= 11 is 5.95. The smallest absolute Gasteiger partial charge is 0.339 e. The zero-order valence-electron chi connectivity index (χ0n) is 11.5. The number of carbonyl (C=O) groups is 1. The summed E-state index contributed by atoms with van der Waals surface area (Å²) in [6.07, 6.45) is 0.894. The summed E-state index contributed by atoms with van der Waals surface area (Å²) < 4.78 is 11.2. The molecule has 3 rings (SSSR count). The van der Waals surface area contributed by atoms with E-state index < -0.39 is 5.97 Å². The summed E-state index contributed by atoms with van der Waals surface area (Å²) in [5.74, 6) is -1.11. The van der Waals surface area contributed by atoms with Gasteiger partial charge in [-0.15, -0.1) is 0 Å². The highest BCUT2D eigenvalue weighted by Crippen LogP contribution is 2.31. The van der Waals surface area contributed by atoms with Crippen LogP contribution in [-0.4, -0.2) is 41.9 Å². The number of aromatic nitrogens is 1. The first-order valence-electron chi connectivity index (χ1n) is 6.78. The van der Waals surface area contributed by atoms with Gasteiger partial charge < -0.3 is 19.2 Å². The summed E-state index contributed by atoms with van der Waals surface area (Å²) in [4.78, 5) is 17.7. The number of hydrogen-bond acceptors (Lipinski definition) is 5. The van der Waals surface area contributed by atoms with Crippen LogP contribution in [0.2, 0.25) is 5.02 Å². The van der Waals surface area contributed by atoms with Crippen molar-refractivity contribution in [1.29, 1.82) is 0 Å². The van der Waals surface area contributed by atoms with E-state index >= 15 is 0 Å². The first-order chi connectivity index (χ1) is 10.1. The number of fused-ring (bicyclic) bond motifs is 1. The molecule has 1 aromatic carbocycles. The molecule has 6 nitrogen and oxygen atoms in total. The van der Waals surface area contributed by atoms with Crippen LogP contribution in [0.25, 0.3) is 11.1 Å². The number of oxazole rings is 1. The molecule has 2 aromatic rings. The van der Waals surface area contributed by atoms with Crippen LogP contribution < -0.4 is 4.90 Å². The highest BCUT2D eigenvalue weighted by atomic mass is 35.5. The van der Waals surface area contributed by atoms with Gasteiger partial charge in [-0.05, 0) is 18.6 Å². The Morgan fingerprint density at radius 1 is 1.57 bits per heavy atom. The highest BCUT2D eigenvalue weighted by Gasteiger charge is 2.27. The number of carboxylic acid groups (broad SMARTS) is 1. The van der Waals surface area contributed by atoms with Crippen molar-refractivity contribution in [1.82, 2.24) is 4.98 Å². The third-order valence-corrected chi connectivity index (χ3v) is 3.97. The highest BCUT2D eigenvalue weighted by molar-refractivity contribution is 6.35. The fourth-order valence-electron chi connectivity index (χ4n) is 2.53. The molecule has 1 aromatic heterocycles. The Labute approximate surface area is 126 Å². The van der Waals surface area contributed by atoms with Crippen molar-refractivity contribution in [3.8, 4) is 0 Å². The number of halogens is 1. The lowest BCUT2D eigenvalue weighted by molar-refractivity contribution is 0.0699. The van der Waals surface area contributed by atoms with Crippen LogP contribution >= 0.6 is 11.6 Å². The minimum Gasteiger partial charge on any atom is -0.478 e. The number of carboxylic acids is 1. The second-order valence-electron chi connectivity index (χ2n) is 4.90. The molecular formula is C14H15ClN2O4. The predicted octanol–water partition coefficient (Wildman–Crippen LogP) is 2.79. The van der Waals surface area contributed by atoms with Gasteiger partial charge in [0.1, 0.15) is 11.1 Å². The Kier molecular flexibility index (Phi) is 3.73. The van der Waals surface area contributed by atoms with Crippen LogP contribution in [0.15, 0.2) is 16.5 Å². The lowest BCUT2D eigenvalue weighted by Crippen LogP contribution is -2.45. The molecule has 1 unspecified atom stereocenters. The molecule has 1 aliphatic rings. The molecule has 0 bridgehead atoms. The van der Waals surface area contributed by atoms with Crippen molar-refractivity contribution in [2.75, 3.05) is 24.7 Å². The zero-order chi connectivity index (χ0) is 15.0. The second-order valence-corrected chi connectivity index (χ2v) is 5.31. The summed E-state index contributed by atoms with van der Waals surface area (Å²) in [5, 5.41) is 9.44. The van der Waals surface area contributed by atoms with E-state index in [9.17, 15) is 9.90 Å². The van der Waals surface area contributed by atoms with E-state index in [1.807, 2.05) is 4.90 Å². The van der Waals surface area contributed by atoms with Crippen LogP contribution in [-0.2, 0) is 4.74 Å². The first-order valence-corrected chi connectivity index (χ1v) is 7.16. The number of ether oxygens (including phenoxy) is 1. The molecule has 7 heteroatoms. The number of anilines is 1. The van der Waals surface area contributed by atoms with Gasteiger partial charge in [0, 0.05) is 6.54 Å². The third-order valence-electron chi connectivity index (χ3n) is 3.66. The number of rotatable bonds is 3. The summed E-state index contributed by atoms with van der Waals surface area (Å²) in [7, 11) is 0. The number of aromatic carboxylic acids is 1. The van der Waals surface area contributed by atoms with Crippen LogP contribution in [0.1, 0.15) is 23.7 Å². The van der Waals surface area contributed by atoms with Crippen molar-refractivity contribution in [3.05, 3.63) is 22.7 Å².